The zero-order chi connectivity index (χ0) is 17.5. The van der Waals surface area contributed by atoms with Crippen LogP contribution < -0.4 is 0 Å². The largest absolute Gasteiger partial charge is 0.380 e. The molecule has 8 heteroatoms. The molecule has 1 aromatic heterocycles. The minimum Gasteiger partial charge on any atom is -0.380 e. The zero-order valence-corrected chi connectivity index (χ0v) is 14.3. The number of halogens is 2. The Morgan fingerprint density at radius 3 is 2.75 bits per heavy atom. The first-order valence-electron chi connectivity index (χ1n) is 8.32. The Kier molecular flexibility index (Phi) is 4.61. The van der Waals surface area contributed by atoms with E-state index in [0.717, 1.165) is 5.69 Å². The maximum Gasteiger partial charge on any atom is 0.274 e. The highest BCUT2D eigenvalue weighted by Gasteiger charge is 2.50. The average molecular weight is 342 g/mol. The molecule has 0 saturated carbocycles. The van der Waals surface area contributed by atoms with Crippen LogP contribution in [-0.4, -0.2) is 76.3 Å². The Balaban J connectivity index is 1.59. The van der Waals surface area contributed by atoms with Gasteiger partial charge in [-0.1, -0.05) is 0 Å². The van der Waals surface area contributed by atoms with Gasteiger partial charge in [-0.05, 0) is 19.9 Å². The summed E-state index contributed by atoms with van der Waals surface area (Å²) in [6, 6.07) is 1.44. The fourth-order valence-electron chi connectivity index (χ4n) is 3.42. The van der Waals surface area contributed by atoms with E-state index in [2.05, 4.69) is 5.10 Å². The molecule has 3 rings (SSSR count). The second-order valence-electron chi connectivity index (χ2n) is 6.70. The van der Waals surface area contributed by atoms with E-state index in [0.29, 0.717) is 32.0 Å². The molecule has 0 aliphatic carbocycles. The number of alkyl halides is 2. The van der Waals surface area contributed by atoms with Crippen LogP contribution in [0.25, 0.3) is 0 Å². The molecule has 2 saturated heterocycles. The van der Waals surface area contributed by atoms with Gasteiger partial charge < -0.3 is 9.64 Å². The number of hydrogen-bond donors (Lipinski definition) is 0. The van der Waals surface area contributed by atoms with Gasteiger partial charge in [0.15, 0.2) is 5.69 Å². The van der Waals surface area contributed by atoms with E-state index in [4.69, 9.17) is 4.74 Å². The standard InChI is InChI=1S/C16H24F2N4O2/c1-4-24-9-12-6-16(17,18)10-22(12)13-7-21(8-13)15(23)14-5-11(2)20(3)19-14/h5,12-13H,4,6-10H2,1-3H3/t12-/m0/s1. The van der Waals surface area contributed by atoms with Crippen LogP contribution in [-0.2, 0) is 11.8 Å². The molecule has 2 aliphatic heterocycles. The maximum atomic E-state index is 13.8. The summed E-state index contributed by atoms with van der Waals surface area (Å²) in [7, 11) is 1.79. The lowest BCUT2D eigenvalue weighted by atomic mass is 10.1. The summed E-state index contributed by atoms with van der Waals surface area (Å²) < 4.78 is 34.5. The lowest BCUT2D eigenvalue weighted by Crippen LogP contribution is -2.62. The Bertz CT molecular complexity index is 594. The highest BCUT2D eigenvalue weighted by molar-refractivity contribution is 5.93. The summed E-state index contributed by atoms with van der Waals surface area (Å²) in [5.41, 5.74) is 1.32. The monoisotopic (exact) mass is 342 g/mol. The molecule has 0 spiro atoms. The Morgan fingerprint density at radius 2 is 2.17 bits per heavy atom. The summed E-state index contributed by atoms with van der Waals surface area (Å²) in [6.45, 7) is 5.25. The summed E-state index contributed by atoms with van der Waals surface area (Å²) in [5.74, 6) is -2.81. The van der Waals surface area contributed by atoms with E-state index in [9.17, 15) is 13.6 Å². The summed E-state index contributed by atoms with van der Waals surface area (Å²) in [4.78, 5) is 15.9. The molecule has 0 unspecified atom stereocenters. The molecule has 1 amide bonds. The van der Waals surface area contributed by atoms with Crippen LogP contribution in [0.1, 0.15) is 29.5 Å². The third-order valence-electron chi connectivity index (χ3n) is 4.88. The van der Waals surface area contributed by atoms with Crippen LogP contribution in [0.15, 0.2) is 6.07 Å². The van der Waals surface area contributed by atoms with Crippen LogP contribution in [0.3, 0.4) is 0 Å². The number of likely N-dealkylation sites (tertiary alicyclic amines) is 2. The van der Waals surface area contributed by atoms with E-state index >= 15 is 0 Å². The molecule has 1 aromatic rings. The van der Waals surface area contributed by atoms with Gasteiger partial charge in [-0.15, -0.1) is 0 Å². The Labute approximate surface area is 140 Å². The number of aromatic nitrogens is 2. The van der Waals surface area contributed by atoms with Crippen molar-refractivity contribution in [2.45, 2.75) is 38.3 Å². The highest BCUT2D eigenvalue weighted by Crippen LogP contribution is 2.35. The van der Waals surface area contributed by atoms with Gasteiger partial charge in [0.2, 0.25) is 0 Å². The fourth-order valence-corrected chi connectivity index (χ4v) is 3.42. The lowest BCUT2D eigenvalue weighted by molar-refractivity contribution is -0.0150. The number of nitrogens with zero attached hydrogens (tertiary/aromatic N) is 4. The molecule has 2 aliphatic rings. The van der Waals surface area contributed by atoms with Crippen molar-refractivity contribution in [2.75, 3.05) is 32.8 Å². The van der Waals surface area contributed by atoms with Gasteiger partial charge in [0.05, 0.1) is 13.2 Å². The number of hydrogen-bond acceptors (Lipinski definition) is 4. The van der Waals surface area contributed by atoms with Crippen molar-refractivity contribution in [3.05, 3.63) is 17.5 Å². The molecule has 2 fully saturated rings. The second kappa shape index (κ2) is 6.40. The number of carbonyl (C=O) groups excluding carboxylic acids is 1. The summed E-state index contributed by atoms with van der Waals surface area (Å²) >= 11 is 0. The van der Waals surface area contributed by atoms with Crippen molar-refractivity contribution in [1.29, 1.82) is 0 Å². The molecule has 0 radical (unpaired) electrons. The molecule has 134 valence electrons. The van der Waals surface area contributed by atoms with Crippen LogP contribution in [0, 0.1) is 6.92 Å². The average Bonchev–Trinajstić information content (AvgIpc) is 2.95. The topological polar surface area (TPSA) is 50.6 Å². The first-order chi connectivity index (χ1) is 11.3. The normalized spacial score (nSPS) is 24.4. The SMILES string of the molecule is CCOC[C@@H]1CC(F)(F)CN1C1CN(C(=O)c2cc(C)n(C)n2)C1. The van der Waals surface area contributed by atoms with Crippen LogP contribution >= 0.6 is 0 Å². The van der Waals surface area contributed by atoms with Crippen molar-refractivity contribution in [3.63, 3.8) is 0 Å². The Morgan fingerprint density at radius 1 is 1.46 bits per heavy atom. The number of amides is 1. The third-order valence-corrected chi connectivity index (χ3v) is 4.88. The molecule has 1 atom stereocenters. The third kappa shape index (κ3) is 3.30. The molecule has 0 aromatic carbocycles. The van der Waals surface area contributed by atoms with Gasteiger partial charge in [0.1, 0.15) is 0 Å². The quantitative estimate of drug-likeness (QED) is 0.809. The number of ether oxygens (including phenoxy) is 1. The zero-order valence-electron chi connectivity index (χ0n) is 14.3. The second-order valence-corrected chi connectivity index (χ2v) is 6.70. The van der Waals surface area contributed by atoms with Crippen molar-refractivity contribution in [2.24, 2.45) is 7.05 Å². The lowest BCUT2D eigenvalue weighted by Gasteiger charge is -2.45. The predicted octanol–water partition coefficient (Wildman–Crippen LogP) is 1.30. The van der Waals surface area contributed by atoms with Gasteiger partial charge in [-0.2, -0.15) is 5.10 Å². The molecular formula is C16H24F2N4O2. The van der Waals surface area contributed by atoms with Crippen molar-refractivity contribution >= 4 is 5.91 Å². The van der Waals surface area contributed by atoms with Gasteiger partial charge in [0.25, 0.3) is 11.8 Å². The summed E-state index contributed by atoms with van der Waals surface area (Å²) in [6.07, 6.45) is -0.170. The number of carbonyl (C=O) groups is 1. The predicted molar refractivity (Wildman–Crippen MR) is 84.2 cm³/mol. The van der Waals surface area contributed by atoms with Crippen LogP contribution in [0.5, 0.6) is 0 Å². The van der Waals surface area contributed by atoms with Gasteiger partial charge in [0, 0.05) is 50.9 Å². The van der Waals surface area contributed by atoms with E-state index in [-0.39, 0.29) is 31.0 Å². The van der Waals surface area contributed by atoms with Crippen molar-refractivity contribution in [3.8, 4) is 0 Å². The van der Waals surface area contributed by atoms with Crippen LogP contribution in [0.2, 0.25) is 0 Å². The summed E-state index contributed by atoms with van der Waals surface area (Å²) in [5, 5.41) is 4.19. The van der Waals surface area contributed by atoms with Crippen molar-refractivity contribution < 1.29 is 18.3 Å². The molecule has 0 N–H and O–H groups in total. The molecule has 6 nitrogen and oxygen atoms in total. The van der Waals surface area contributed by atoms with Gasteiger partial charge >= 0.3 is 0 Å². The van der Waals surface area contributed by atoms with E-state index < -0.39 is 5.92 Å². The van der Waals surface area contributed by atoms with Crippen LogP contribution in [0.4, 0.5) is 8.78 Å². The number of rotatable bonds is 5. The fraction of sp³-hybridized carbons (Fsp3) is 0.750. The minimum atomic E-state index is -2.68. The highest BCUT2D eigenvalue weighted by atomic mass is 19.3. The Hall–Kier alpha value is -1.54. The van der Waals surface area contributed by atoms with Gasteiger partial charge in [-0.3, -0.25) is 14.4 Å². The molecule has 24 heavy (non-hydrogen) atoms. The van der Waals surface area contributed by atoms with E-state index in [1.165, 1.54) is 0 Å². The maximum absolute atomic E-state index is 13.8. The minimum absolute atomic E-state index is 0.0300. The van der Waals surface area contributed by atoms with Gasteiger partial charge in [-0.25, -0.2) is 8.78 Å². The number of aryl methyl sites for hydroxylation is 2. The first kappa shape index (κ1) is 17.3. The van der Waals surface area contributed by atoms with E-state index in [1.54, 1.807) is 22.7 Å². The smallest absolute Gasteiger partial charge is 0.274 e. The first-order valence-corrected chi connectivity index (χ1v) is 8.32. The van der Waals surface area contributed by atoms with E-state index in [1.807, 2.05) is 18.7 Å². The van der Waals surface area contributed by atoms with Crippen molar-refractivity contribution in [1.82, 2.24) is 19.6 Å². The molecular weight excluding hydrogens is 318 g/mol. The molecule has 0 bridgehead atoms. The molecule has 3 heterocycles.